The van der Waals surface area contributed by atoms with Gasteiger partial charge >= 0.3 is 5.97 Å². The van der Waals surface area contributed by atoms with E-state index in [1.807, 2.05) is 42.7 Å². The van der Waals surface area contributed by atoms with Crippen molar-refractivity contribution in [1.29, 1.82) is 0 Å². The third kappa shape index (κ3) is 4.39. The van der Waals surface area contributed by atoms with Gasteiger partial charge in [0.25, 0.3) is 0 Å². The van der Waals surface area contributed by atoms with Crippen LogP contribution in [0.15, 0.2) is 57.9 Å². The highest BCUT2D eigenvalue weighted by molar-refractivity contribution is 9.10. The number of rotatable bonds is 7. The van der Waals surface area contributed by atoms with Gasteiger partial charge in [0, 0.05) is 27.0 Å². The Balaban J connectivity index is 1.97. The van der Waals surface area contributed by atoms with Crippen molar-refractivity contribution in [2.45, 2.75) is 36.8 Å². The molecule has 1 aliphatic rings. The second-order valence-electron chi connectivity index (χ2n) is 6.74. The van der Waals surface area contributed by atoms with Crippen LogP contribution in [0.3, 0.4) is 0 Å². The molecule has 6 heteroatoms. The lowest BCUT2D eigenvalue weighted by Gasteiger charge is -2.31. The molecule has 0 radical (unpaired) electrons. The summed E-state index contributed by atoms with van der Waals surface area (Å²) in [6.45, 7) is 4.26. The maximum Gasteiger partial charge on any atom is 0.331 e. The van der Waals surface area contributed by atoms with E-state index < -0.39 is 0 Å². The van der Waals surface area contributed by atoms with Crippen LogP contribution in [0.5, 0.6) is 5.75 Å². The summed E-state index contributed by atoms with van der Waals surface area (Å²) in [5, 5.41) is 3.64. The van der Waals surface area contributed by atoms with Crippen LogP contribution < -0.4 is 10.1 Å². The first-order valence-corrected chi connectivity index (χ1v) is 11.1. The molecule has 1 N–H and O–H groups in total. The molecule has 1 aliphatic heterocycles. The predicted molar refractivity (Wildman–Crippen MR) is 118 cm³/mol. The minimum Gasteiger partial charge on any atom is -0.497 e. The van der Waals surface area contributed by atoms with E-state index in [0.717, 1.165) is 20.8 Å². The second-order valence-corrected chi connectivity index (χ2v) is 8.44. The molecule has 2 aromatic rings. The van der Waals surface area contributed by atoms with E-state index in [9.17, 15) is 4.79 Å². The van der Waals surface area contributed by atoms with Crippen LogP contribution >= 0.6 is 27.7 Å². The van der Waals surface area contributed by atoms with E-state index in [4.69, 9.17) is 9.47 Å². The van der Waals surface area contributed by atoms with Gasteiger partial charge in [-0.3, -0.25) is 0 Å². The van der Waals surface area contributed by atoms with Gasteiger partial charge in [0.15, 0.2) is 0 Å². The molecule has 0 unspecified atom stereocenters. The number of esters is 1. The van der Waals surface area contributed by atoms with Crippen molar-refractivity contribution < 1.29 is 14.3 Å². The Morgan fingerprint density at radius 3 is 2.71 bits per heavy atom. The van der Waals surface area contributed by atoms with E-state index >= 15 is 0 Å². The van der Waals surface area contributed by atoms with Crippen LogP contribution in [0.1, 0.15) is 24.0 Å². The fraction of sp³-hybridized carbons (Fsp3) is 0.318. The molecular formula is C22H24BrNO3S. The van der Waals surface area contributed by atoms with Crippen molar-refractivity contribution in [1.82, 2.24) is 0 Å². The zero-order valence-electron chi connectivity index (χ0n) is 16.4. The maximum atomic E-state index is 11.7. The normalized spacial score (nSPS) is 17.9. The van der Waals surface area contributed by atoms with Crippen LogP contribution in [0.25, 0.3) is 0 Å². The van der Waals surface area contributed by atoms with Crippen molar-refractivity contribution in [2.24, 2.45) is 0 Å². The second kappa shape index (κ2) is 9.05. The molecule has 148 valence electrons. The topological polar surface area (TPSA) is 47.6 Å². The maximum absolute atomic E-state index is 11.7. The highest BCUT2D eigenvalue weighted by Crippen LogP contribution is 2.35. The Morgan fingerprint density at radius 2 is 2.07 bits per heavy atom. The molecule has 0 saturated heterocycles. The Hall–Kier alpha value is -1.92. The fourth-order valence-corrected chi connectivity index (χ4v) is 4.44. The summed E-state index contributed by atoms with van der Waals surface area (Å²) in [5.41, 5.74) is 3.39. The molecule has 1 heterocycles. The van der Waals surface area contributed by atoms with E-state index in [1.54, 1.807) is 18.9 Å². The average Bonchev–Trinajstić information content (AvgIpc) is 3.13. The van der Waals surface area contributed by atoms with Gasteiger partial charge < -0.3 is 14.8 Å². The lowest BCUT2D eigenvalue weighted by Crippen LogP contribution is -2.38. The largest absolute Gasteiger partial charge is 0.497 e. The first-order chi connectivity index (χ1) is 13.4. The minimum absolute atomic E-state index is 0.106. The summed E-state index contributed by atoms with van der Waals surface area (Å²) in [4.78, 5) is 12.8. The molecule has 0 aromatic heterocycles. The number of hydrogen-bond acceptors (Lipinski definition) is 5. The van der Waals surface area contributed by atoms with Crippen LogP contribution in [-0.4, -0.2) is 31.5 Å². The van der Waals surface area contributed by atoms with Crippen molar-refractivity contribution in [2.75, 3.05) is 18.7 Å². The number of benzene rings is 2. The number of methoxy groups -OCH3 is 1. The van der Waals surface area contributed by atoms with E-state index in [0.29, 0.717) is 0 Å². The van der Waals surface area contributed by atoms with Gasteiger partial charge in [-0.1, -0.05) is 35.0 Å². The number of nitrogens with one attached hydrogen (secondary N) is 1. The summed E-state index contributed by atoms with van der Waals surface area (Å²) in [5.74, 6) is 0.624. The van der Waals surface area contributed by atoms with Crippen molar-refractivity contribution in [3.63, 3.8) is 0 Å². The molecular weight excluding hydrogens is 438 g/mol. The van der Waals surface area contributed by atoms with Gasteiger partial charge in [0.2, 0.25) is 0 Å². The quantitative estimate of drug-likeness (QED) is 0.432. The monoisotopic (exact) mass is 461 g/mol. The van der Waals surface area contributed by atoms with Gasteiger partial charge in [-0.15, -0.1) is 11.8 Å². The Bertz CT molecular complexity index is 899. The summed E-state index contributed by atoms with van der Waals surface area (Å²) in [7, 11) is 1.66. The van der Waals surface area contributed by atoms with Crippen LogP contribution in [-0.2, 0) is 9.53 Å². The first kappa shape index (κ1) is 20.8. The number of anilines is 1. The van der Waals surface area contributed by atoms with E-state index in [2.05, 4.69) is 41.2 Å². The molecule has 28 heavy (non-hydrogen) atoms. The third-order valence-corrected chi connectivity index (χ3v) is 6.73. The van der Waals surface area contributed by atoms with Gasteiger partial charge in [-0.25, -0.2) is 4.79 Å². The first-order valence-electron chi connectivity index (χ1n) is 9.07. The highest BCUT2D eigenvalue weighted by Gasteiger charge is 2.33. The molecule has 0 spiro atoms. The summed E-state index contributed by atoms with van der Waals surface area (Å²) in [6.07, 6.45) is 5.04. The van der Waals surface area contributed by atoms with E-state index in [1.165, 1.54) is 17.2 Å². The SMILES string of the molecule is COc1ccc(N[C@H]([C@H]2C=CC(=O)O2)[C@@H](C)c2cccc(Br)c2C)c(SC)c1. The number of hydrogen-bond donors (Lipinski definition) is 1. The van der Waals surface area contributed by atoms with Crippen molar-refractivity contribution in [3.8, 4) is 5.75 Å². The highest BCUT2D eigenvalue weighted by atomic mass is 79.9. The molecule has 3 atom stereocenters. The van der Waals surface area contributed by atoms with Crippen molar-refractivity contribution in [3.05, 3.63) is 64.1 Å². The number of carbonyl (C=O) groups excluding carboxylic acids is 1. The molecule has 0 saturated carbocycles. The van der Waals surface area contributed by atoms with Crippen LogP contribution in [0, 0.1) is 6.92 Å². The van der Waals surface area contributed by atoms with Crippen LogP contribution in [0.4, 0.5) is 5.69 Å². The number of cyclic esters (lactones) is 1. The number of ether oxygens (including phenoxy) is 2. The minimum atomic E-state index is -0.335. The number of carbonyl (C=O) groups is 1. The van der Waals surface area contributed by atoms with Gasteiger partial charge in [0.05, 0.1) is 13.2 Å². The van der Waals surface area contributed by atoms with Gasteiger partial charge in [-0.05, 0) is 54.6 Å². The Kier molecular flexibility index (Phi) is 6.73. The molecule has 2 aromatic carbocycles. The smallest absolute Gasteiger partial charge is 0.331 e. The molecule has 0 fully saturated rings. The average molecular weight is 462 g/mol. The van der Waals surface area contributed by atoms with Gasteiger partial charge in [-0.2, -0.15) is 0 Å². The predicted octanol–water partition coefficient (Wildman–Crippen LogP) is 5.55. The summed E-state index contributed by atoms with van der Waals surface area (Å²) >= 11 is 5.27. The van der Waals surface area contributed by atoms with Crippen molar-refractivity contribution >= 4 is 39.3 Å². The zero-order chi connectivity index (χ0) is 20.3. The molecule has 0 bridgehead atoms. The Labute approximate surface area is 178 Å². The summed E-state index contributed by atoms with van der Waals surface area (Å²) in [6, 6.07) is 12.0. The lowest BCUT2D eigenvalue weighted by molar-refractivity contribution is -0.139. The molecule has 4 nitrogen and oxygen atoms in total. The zero-order valence-corrected chi connectivity index (χ0v) is 18.8. The Morgan fingerprint density at radius 1 is 1.29 bits per heavy atom. The third-order valence-electron chi connectivity index (χ3n) is 5.10. The standard InChI is InChI=1S/C22H24BrNO3S/c1-13-16(6-5-7-17(13)23)14(2)22(19-10-11-21(25)27-19)24-18-9-8-15(26-3)12-20(18)28-4/h5-12,14,19,22,24H,1-4H3/t14-,19+,22-/m0/s1. The summed E-state index contributed by atoms with van der Waals surface area (Å²) < 4.78 is 12.0. The molecule has 0 amide bonds. The van der Waals surface area contributed by atoms with Crippen LogP contribution in [0.2, 0.25) is 0 Å². The molecule has 0 aliphatic carbocycles. The molecule has 3 rings (SSSR count). The number of halogens is 1. The fourth-order valence-electron chi connectivity index (χ4n) is 3.48. The van der Waals surface area contributed by atoms with Gasteiger partial charge in [0.1, 0.15) is 11.9 Å². The number of thioether (sulfide) groups is 1. The van der Waals surface area contributed by atoms with E-state index in [-0.39, 0.29) is 24.0 Å². The lowest BCUT2D eigenvalue weighted by atomic mass is 9.87.